The lowest BCUT2D eigenvalue weighted by molar-refractivity contribution is -0.0000156. The maximum Gasteiger partial charge on any atom is 0.258 e. The Kier molecular flexibility index (Phi) is 6.82. The van der Waals surface area contributed by atoms with Gasteiger partial charge in [0.25, 0.3) is 5.91 Å². The van der Waals surface area contributed by atoms with Gasteiger partial charge in [0, 0.05) is 41.3 Å². The summed E-state index contributed by atoms with van der Waals surface area (Å²) in [6.07, 6.45) is 6.50. The third kappa shape index (κ3) is 4.43. The van der Waals surface area contributed by atoms with Gasteiger partial charge in [-0.1, -0.05) is 41.9 Å². The number of benzene rings is 2. The SMILES string of the molecule is CN1C2C=C(N(CCc3ccccc3)C(=O)c3ccc(Cl)cc3)CC1CC2.[Cl-]. The molecule has 0 radical (unpaired) electrons. The standard InChI is InChI=1S/C23H25ClN2O.ClH/c1-25-20-11-12-21(25)16-22(15-20)26(14-13-17-5-3-2-4-6-17)23(27)18-7-9-19(24)10-8-18;/h2-10,15,20-21H,11-14,16H2,1H3;1H/p-1. The van der Waals surface area contributed by atoms with E-state index in [0.717, 1.165) is 12.8 Å². The van der Waals surface area contributed by atoms with Crippen molar-refractivity contribution in [2.24, 2.45) is 0 Å². The second-order valence-corrected chi connectivity index (χ2v) is 7.96. The number of hydrogen-bond donors (Lipinski definition) is 0. The maximum absolute atomic E-state index is 13.3. The fraction of sp³-hybridized carbons (Fsp3) is 0.348. The van der Waals surface area contributed by atoms with E-state index in [1.807, 2.05) is 23.1 Å². The summed E-state index contributed by atoms with van der Waals surface area (Å²) in [6, 6.07) is 18.6. The van der Waals surface area contributed by atoms with Crippen LogP contribution >= 0.6 is 11.6 Å². The van der Waals surface area contributed by atoms with Crippen molar-refractivity contribution in [2.75, 3.05) is 13.6 Å². The van der Waals surface area contributed by atoms with E-state index in [2.05, 4.69) is 42.3 Å². The predicted molar refractivity (Wildman–Crippen MR) is 110 cm³/mol. The third-order valence-electron chi connectivity index (χ3n) is 5.87. The molecule has 0 aliphatic carbocycles. The molecular formula is C23H25Cl2N2O-. The van der Waals surface area contributed by atoms with Gasteiger partial charge in [0.15, 0.2) is 0 Å². The van der Waals surface area contributed by atoms with Crippen molar-refractivity contribution >= 4 is 17.5 Å². The zero-order valence-electron chi connectivity index (χ0n) is 16.0. The Labute approximate surface area is 178 Å². The van der Waals surface area contributed by atoms with Crippen LogP contribution in [0.2, 0.25) is 5.02 Å². The molecule has 1 amide bonds. The highest BCUT2D eigenvalue weighted by atomic mass is 35.5. The molecule has 2 unspecified atom stereocenters. The minimum Gasteiger partial charge on any atom is -1.00 e. The molecule has 1 saturated heterocycles. The van der Waals surface area contributed by atoms with Gasteiger partial charge in [-0.05, 0) is 62.2 Å². The van der Waals surface area contributed by atoms with Gasteiger partial charge in [0.05, 0.1) is 0 Å². The number of fused-ring (bicyclic) bond motifs is 2. The molecule has 3 nitrogen and oxygen atoms in total. The summed E-state index contributed by atoms with van der Waals surface area (Å²) in [7, 11) is 2.20. The van der Waals surface area contributed by atoms with Crippen LogP contribution in [0.4, 0.5) is 0 Å². The first-order valence-corrected chi connectivity index (χ1v) is 10.0. The number of likely N-dealkylation sites (N-methyl/N-ethyl adjacent to an activating group) is 1. The van der Waals surface area contributed by atoms with Crippen molar-refractivity contribution in [1.29, 1.82) is 0 Å². The molecule has 2 atom stereocenters. The molecule has 0 saturated carbocycles. The summed E-state index contributed by atoms with van der Waals surface area (Å²) in [6.45, 7) is 0.695. The van der Waals surface area contributed by atoms with Crippen LogP contribution in [0.5, 0.6) is 0 Å². The number of amides is 1. The lowest BCUT2D eigenvalue weighted by atomic mass is 10.0. The van der Waals surface area contributed by atoms with Crippen LogP contribution in [0.15, 0.2) is 66.4 Å². The van der Waals surface area contributed by atoms with Gasteiger partial charge in [-0.2, -0.15) is 0 Å². The molecule has 4 rings (SSSR count). The average molecular weight is 416 g/mol. The van der Waals surface area contributed by atoms with Crippen LogP contribution in [0.3, 0.4) is 0 Å². The molecule has 2 aromatic carbocycles. The molecular weight excluding hydrogens is 391 g/mol. The summed E-state index contributed by atoms with van der Waals surface area (Å²) in [5.74, 6) is 0.0674. The summed E-state index contributed by atoms with van der Waals surface area (Å²) in [4.78, 5) is 17.8. The molecule has 0 aromatic heterocycles. The molecule has 2 aliphatic heterocycles. The van der Waals surface area contributed by atoms with E-state index in [1.165, 1.54) is 24.1 Å². The molecule has 148 valence electrons. The average Bonchev–Trinajstić information content (AvgIpc) is 2.90. The van der Waals surface area contributed by atoms with Gasteiger partial charge >= 0.3 is 0 Å². The molecule has 2 heterocycles. The van der Waals surface area contributed by atoms with Crippen LogP contribution in [-0.4, -0.2) is 41.4 Å². The van der Waals surface area contributed by atoms with Crippen molar-refractivity contribution in [3.05, 3.63) is 82.5 Å². The van der Waals surface area contributed by atoms with Gasteiger partial charge in [0.1, 0.15) is 0 Å². The van der Waals surface area contributed by atoms with E-state index < -0.39 is 0 Å². The molecule has 2 aromatic rings. The summed E-state index contributed by atoms with van der Waals surface area (Å²) < 4.78 is 0. The zero-order valence-corrected chi connectivity index (χ0v) is 17.5. The zero-order chi connectivity index (χ0) is 18.8. The van der Waals surface area contributed by atoms with E-state index in [9.17, 15) is 4.79 Å². The lowest BCUT2D eigenvalue weighted by Gasteiger charge is -2.35. The van der Waals surface area contributed by atoms with Crippen molar-refractivity contribution in [1.82, 2.24) is 9.80 Å². The van der Waals surface area contributed by atoms with Crippen LogP contribution in [0, 0.1) is 0 Å². The van der Waals surface area contributed by atoms with E-state index in [-0.39, 0.29) is 18.3 Å². The highest BCUT2D eigenvalue weighted by molar-refractivity contribution is 6.30. The van der Waals surface area contributed by atoms with Crippen molar-refractivity contribution < 1.29 is 17.2 Å². The number of rotatable bonds is 5. The largest absolute Gasteiger partial charge is 1.00 e. The molecule has 1 fully saturated rings. The Balaban J connectivity index is 0.00000225. The Morgan fingerprint density at radius 1 is 1.11 bits per heavy atom. The molecule has 0 N–H and O–H groups in total. The highest BCUT2D eigenvalue weighted by Gasteiger charge is 2.36. The number of carbonyl (C=O) groups is 1. The molecule has 2 bridgehead atoms. The monoisotopic (exact) mass is 415 g/mol. The Morgan fingerprint density at radius 3 is 2.50 bits per heavy atom. The van der Waals surface area contributed by atoms with E-state index >= 15 is 0 Å². The molecule has 0 spiro atoms. The van der Waals surface area contributed by atoms with Gasteiger partial charge in [0.2, 0.25) is 0 Å². The van der Waals surface area contributed by atoms with Gasteiger partial charge in [-0.3, -0.25) is 9.69 Å². The molecule has 5 heteroatoms. The van der Waals surface area contributed by atoms with E-state index in [1.54, 1.807) is 12.1 Å². The summed E-state index contributed by atoms with van der Waals surface area (Å²) >= 11 is 6.01. The second-order valence-electron chi connectivity index (χ2n) is 7.53. The fourth-order valence-electron chi connectivity index (χ4n) is 4.23. The second kappa shape index (κ2) is 9.13. The lowest BCUT2D eigenvalue weighted by Crippen LogP contribution is -3.00. The number of nitrogens with zero attached hydrogens (tertiary/aromatic N) is 2. The summed E-state index contributed by atoms with van der Waals surface area (Å²) in [5.41, 5.74) is 3.12. The highest BCUT2D eigenvalue weighted by Crippen LogP contribution is 2.35. The van der Waals surface area contributed by atoms with Gasteiger partial charge in [-0.25, -0.2) is 0 Å². The van der Waals surface area contributed by atoms with Gasteiger partial charge < -0.3 is 17.3 Å². The van der Waals surface area contributed by atoms with Crippen LogP contribution in [-0.2, 0) is 6.42 Å². The minimum atomic E-state index is 0. The molecule has 2 aliphatic rings. The smallest absolute Gasteiger partial charge is 0.258 e. The van der Waals surface area contributed by atoms with Crippen molar-refractivity contribution in [2.45, 2.75) is 37.8 Å². The van der Waals surface area contributed by atoms with Crippen LogP contribution < -0.4 is 12.4 Å². The summed E-state index contributed by atoms with van der Waals surface area (Å²) in [5, 5.41) is 0.652. The Morgan fingerprint density at radius 2 is 1.82 bits per heavy atom. The van der Waals surface area contributed by atoms with Crippen LogP contribution in [0.1, 0.15) is 35.2 Å². The maximum atomic E-state index is 13.3. The quantitative estimate of drug-likeness (QED) is 0.742. The van der Waals surface area contributed by atoms with Gasteiger partial charge in [-0.15, -0.1) is 0 Å². The van der Waals surface area contributed by atoms with E-state index in [0.29, 0.717) is 29.2 Å². The minimum absolute atomic E-state index is 0. The third-order valence-corrected chi connectivity index (χ3v) is 6.13. The van der Waals surface area contributed by atoms with E-state index in [4.69, 9.17) is 11.6 Å². The number of carbonyl (C=O) groups excluding carboxylic acids is 1. The Hall–Kier alpha value is -1.81. The first-order chi connectivity index (χ1) is 13.1. The van der Waals surface area contributed by atoms with Crippen molar-refractivity contribution in [3.8, 4) is 0 Å². The predicted octanol–water partition coefficient (Wildman–Crippen LogP) is 1.78. The normalized spacial score (nSPS) is 21.0. The van der Waals surface area contributed by atoms with Crippen molar-refractivity contribution in [3.63, 3.8) is 0 Å². The molecule has 28 heavy (non-hydrogen) atoms. The first-order valence-electron chi connectivity index (χ1n) is 9.66. The Bertz CT molecular complexity index is 835. The van der Waals surface area contributed by atoms with Crippen LogP contribution in [0.25, 0.3) is 0 Å². The topological polar surface area (TPSA) is 23.6 Å². The number of hydrogen-bond acceptors (Lipinski definition) is 2. The fourth-order valence-corrected chi connectivity index (χ4v) is 4.36. The number of halogens is 2. The first kappa shape index (κ1) is 20.9.